The number of halogens is 4. The normalized spacial score (nSPS) is 20.5. The maximum absolute atomic E-state index is 13.0. The van der Waals surface area contributed by atoms with Gasteiger partial charge in [0.15, 0.2) is 18.2 Å². The Morgan fingerprint density at radius 2 is 1.84 bits per heavy atom. The number of ether oxygens (including phenoxy) is 1. The van der Waals surface area contributed by atoms with Crippen molar-refractivity contribution in [3.05, 3.63) is 29.8 Å². The van der Waals surface area contributed by atoms with Gasteiger partial charge in [0.05, 0.1) is 6.54 Å². The largest absolute Gasteiger partial charge is 0.455 e. The molecule has 10 heteroatoms. The lowest BCUT2D eigenvalue weighted by Gasteiger charge is -2.12. The van der Waals surface area contributed by atoms with Crippen molar-refractivity contribution >= 4 is 46.7 Å². The summed E-state index contributed by atoms with van der Waals surface area (Å²) < 4.78 is 29.4. The summed E-state index contributed by atoms with van der Waals surface area (Å²) in [6, 6.07) is 2.83. The number of nitrogens with one attached hydrogen (secondary N) is 2. The molecule has 0 heterocycles. The lowest BCUT2D eigenvalue weighted by Crippen LogP contribution is -2.36. The molecule has 25 heavy (non-hydrogen) atoms. The van der Waals surface area contributed by atoms with Crippen LogP contribution in [0.2, 0.25) is 0 Å². The Kier molecular flexibility index (Phi) is 5.53. The molecule has 0 unspecified atom stereocenters. The van der Waals surface area contributed by atoms with Gasteiger partial charge in [0.1, 0.15) is 9.75 Å². The summed E-state index contributed by atoms with van der Waals surface area (Å²) >= 11 is 11.6. The van der Waals surface area contributed by atoms with Gasteiger partial charge in [0.2, 0.25) is 5.91 Å². The predicted octanol–water partition coefficient (Wildman–Crippen LogP) is 2.15. The predicted molar refractivity (Wildman–Crippen MR) is 86.1 cm³/mol. The van der Waals surface area contributed by atoms with Gasteiger partial charge < -0.3 is 15.4 Å². The van der Waals surface area contributed by atoms with Gasteiger partial charge in [0.25, 0.3) is 5.91 Å². The molecule has 0 bridgehead atoms. The average molecular weight is 395 g/mol. The van der Waals surface area contributed by atoms with E-state index in [2.05, 4.69) is 10.6 Å². The van der Waals surface area contributed by atoms with E-state index in [9.17, 15) is 23.2 Å². The van der Waals surface area contributed by atoms with Crippen molar-refractivity contribution in [1.29, 1.82) is 0 Å². The molecule has 136 valence electrons. The van der Waals surface area contributed by atoms with Gasteiger partial charge in [-0.2, -0.15) is 0 Å². The van der Waals surface area contributed by atoms with Crippen molar-refractivity contribution in [2.75, 3.05) is 18.5 Å². The minimum absolute atomic E-state index is 0.0341. The Labute approximate surface area is 151 Å². The number of hydrogen-bond acceptors (Lipinski definition) is 4. The molecule has 2 N–H and O–H groups in total. The van der Waals surface area contributed by atoms with E-state index in [1.165, 1.54) is 13.0 Å². The van der Waals surface area contributed by atoms with Gasteiger partial charge in [0, 0.05) is 18.2 Å². The van der Waals surface area contributed by atoms with E-state index in [1.54, 1.807) is 0 Å². The molecule has 1 saturated carbocycles. The van der Waals surface area contributed by atoms with E-state index in [-0.39, 0.29) is 12.1 Å². The second kappa shape index (κ2) is 7.13. The lowest BCUT2D eigenvalue weighted by molar-refractivity contribution is -0.153. The maximum Gasteiger partial charge on any atom is 0.315 e. The van der Waals surface area contributed by atoms with Crippen molar-refractivity contribution in [1.82, 2.24) is 5.32 Å². The number of alkyl halides is 2. The summed E-state index contributed by atoms with van der Waals surface area (Å²) in [5, 5.41) is 4.49. The molecule has 1 aromatic carbocycles. The first-order valence-corrected chi connectivity index (χ1v) is 7.87. The number of rotatable bonds is 6. The number of carbonyl (C=O) groups is 3. The Balaban J connectivity index is 1.72. The summed E-state index contributed by atoms with van der Waals surface area (Å²) in [5.41, 5.74) is -1.02. The van der Waals surface area contributed by atoms with E-state index in [4.69, 9.17) is 27.9 Å². The van der Waals surface area contributed by atoms with Crippen LogP contribution in [0.15, 0.2) is 18.2 Å². The zero-order valence-electron chi connectivity index (χ0n) is 13.0. The highest BCUT2D eigenvalue weighted by Gasteiger charge is 2.69. The summed E-state index contributed by atoms with van der Waals surface area (Å²) in [6.45, 7) is 0.473. The van der Waals surface area contributed by atoms with E-state index in [0.717, 1.165) is 12.1 Å². The third kappa shape index (κ3) is 4.58. The first-order valence-electron chi connectivity index (χ1n) is 7.12. The highest BCUT2D eigenvalue weighted by molar-refractivity contribution is 6.53. The molecule has 1 aliphatic rings. The van der Waals surface area contributed by atoms with Crippen LogP contribution in [0.4, 0.5) is 14.5 Å². The number of hydrogen-bond donors (Lipinski definition) is 2. The fourth-order valence-electron chi connectivity index (χ4n) is 1.92. The fourth-order valence-corrected chi connectivity index (χ4v) is 2.61. The number of anilines is 1. The summed E-state index contributed by atoms with van der Waals surface area (Å²) in [4.78, 5) is 35.0. The van der Waals surface area contributed by atoms with E-state index in [1.807, 2.05) is 0 Å². The van der Waals surface area contributed by atoms with Crippen molar-refractivity contribution in [2.24, 2.45) is 5.41 Å². The smallest absolute Gasteiger partial charge is 0.315 e. The average Bonchev–Trinajstić information content (AvgIpc) is 3.06. The standard InChI is InChI=1S/C15H14Cl2F2N2O4/c1-14(7-15(14,16)17)13(24)25-6-12(23)20-5-11(22)21-8-2-3-9(18)10(19)4-8/h2-4H,5-7H2,1H3,(H,20,23)(H,21,22)/t14-/m1/s1. The summed E-state index contributed by atoms with van der Waals surface area (Å²) in [6.07, 6.45) is 0.222. The molecule has 6 nitrogen and oxygen atoms in total. The first-order chi connectivity index (χ1) is 11.5. The van der Waals surface area contributed by atoms with Gasteiger partial charge in [-0.1, -0.05) is 0 Å². The summed E-state index contributed by atoms with van der Waals surface area (Å²) in [7, 11) is 0. The van der Waals surface area contributed by atoms with E-state index < -0.39 is 52.3 Å². The summed E-state index contributed by atoms with van der Waals surface area (Å²) in [5.74, 6) is -4.25. The second-order valence-electron chi connectivity index (χ2n) is 5.74. The molecular formula is C15H14Cl2F2N2O4. The molecule has 0 radical (unpaired) electrons. The zero-order chi connectivity index (χ0) is 18.8. The van der Waals surface area contributed by atoms with Crippen LogP contribution in [0.1, 0.15) is 13.3 Å². The van der Waals surface area contributed by atoms with Crippen LogP contribution in [-0.4, -0.2) is 35.3 Å². The molecule has 0 saturated heterocycles. The quantitative estimate of drug-likeness (QED) is 0.571. The molecule has 1 aliphatic carbocycles. The topological polar surface area (TPSA) is 84.5 Å². The molecule has 1 atom stereocenters. The van der Waals surface area contributed by atoms with Crippen LogP contribution >= 0.6 is 23.2 Å². The Bertz CT molecular complexity index is 729. The van der Waals surface area contributed by atoms with Crippen molar-refractivity contribution in [2.45, 2.75) is 17.7 Å². The Morgan fingerprint density at radius 3 is 2.40 bits per heavy atom. The van der Waals surface area contributed by atoms with Gasteiger partial charge in [-0.3, -0.25) is 14.4 Å². The molecular weight excluding hydrogens is 381 g/mol. The van der Waals surface area contributed by atoms with E-state index in [0.29, 0.717) is 0 Å². The monoisotopic (exact) mass is 394 g/mol. The molecule has 1 fully saturated rings. The Hall–Kier alpha value is -1.93. The lowest BCUT2D eigenvalue weighted by atomic mass is 10.1. The molecule has 1 aromatic rings. The molecule has 2 amide bonds. The third-order valence-electron chi connectivity index (χ3n) is 3.69. The van der Waals surface area contributed by atoms with Crippen LogP contribution in [0.25, 0.3) is 0 Å². The van der Waals surface area contributed by atoms with Crippen molar-refractivity contribution in [3.8, 4) is 0 Å². The minimum Gasteiger partial charge on any atom is -0.455 e. The van der Waals surface area contributed by atoms with Gasteiger partial charge in [-0.25, -0.2) is 8.78 Å². The molecule has 2 rings (SSSR count). The van der Waals surface area contributed by atoms with Crippen LogP contribution in [0.5, 0.6) is 0 Å². The van der Waals surface area contributed by atoms with Gasteiger partial charge >= 0.3 is 5.97 Å². The van der Waals surface area contributed by atoms with Crippen molar-refractivity contribution < 1.29 is 27.9 Å². The van der Waals surface area contributed by atoms with Gasteiger partial charge in [-0.15, -0.1) is 23.2 Å². The Morgan fingerprint density at radius 1 is 1.20 bits per heavy atom. The second-order valence-corrected chi connectivity index (χ2v) is 7.23. The number of amides is 2. The SMILES string of the molecule is C[C@]1(C(=O)OCC(=O)NCC(=O)Nc2ccc(F)c(F)c2)CC1(Cl)Cl. The molecule has 0 aromatic heterocycles. The van der Waals surface area contributed by atoms with E-state index >= 15 is 0 Å². The highest BCUT2D eigenvalue weighted by atomic mass is 35.5. The maximum atomic E-state index is 13.0. The van der Waals surface area contributed by atoms with Gasteiger partial charge in [-0.05, 0) is 19.1 Å². The molecule has 0 spiro atoms. The fraction of sp³-hybridized carbons (Fsp3) is 0.400. The number of esters is 1. The van der Waals surface area contributed by atoms with Crippen LogP contribution in [0.3, 0.4) is 0 Å². The minimum atomic E-state index is -1.20. The first kappa shape index (κ1) is 19.4. The van der Waals surface area contributed by atoms with Crippen LogP contribution in [0, 0.1) is 17.0 Å². The highest BCUT2D eigenvalue weighted by Crippen LogP contribution is 2.64. The number of carbonyl (C=O) groups excluding carboxylic acids is 3. The van der Waals surface area contributed by atoms with Crippen molar-refractivity contribution in [3.63, 3.8) is 0 Å². The number of benzene rings is 1. The molecule has 0 aliphatic heterocycles. The third-order valence-corrected chi connectivity index (χ3v) is 4.79. The zero-order valence-corrected chi connectivity index (χ0v) is 14.5. The van der Waals surface area contributed by atoms with Crippen LogP contribution < -0.4 is 10.6 Å². The van der Waals surface area contributed by atoms with Crippen LogP contribution in [-0.2, 0) is 19.1 Å².